The first-order chi connectivity index (χ1) is 10.2. The van der Waals surface area contributed by atoms with E-state index in [0.29, 0.717) is 0 Å². The highest BCUT2D eigenvalue weighted by molar-refractivity contribution is 5.81. The van der Waals surface area contributed by atoms with Crippen LogP contribution in [0, 0.1) is 0 Å². The van der Waals surface area contributed by atoms with Crippen LogP contribution >= 0.6 is 0 Å². The van der Waals surface area contributed by atoms with Gasteiger partial charge >= 0.3 is 0 Å². The summed E-state index contributed by atoms with van der Waals surface area (Å²) in [5, 5.41) is 9.42. The molecule has 1 unspecified atom stereocenters. The van der Waals surface area contributed by atoms with Gasteiger partial charge in [-0.2, -0.15) is 5.10 Å². The molecule has 5 heteroatoms. The summed E-state index contributed by atoms with van der Waals surface area (Å²) in [6.07, 6.45) is 4.75. The van der Waals surface area contributed by atoms with Gasteiger partial charge in [0.2, 0.25) is 0 Å². The molecule has 0 amide bonds. The van der Waals surface area contributed by atoms with E-state index in [0.717, 1.165) is 24.4 Å². The van der Waals surface area contributed by atoms with E-state index in [-0.39, 0.29) is 6.04 Å². The zero-order valence-electron chi connectivity index (χ0n) is 12.7. The van der Waals surface area contributed by atoms with Gasteiger partial charge < -0.3 is 9.88 Å². The van der Waals surface area contributed by atoms with E-state index in [1.165, 1.54) is 10.9 Å². The highest BCUT2D eigenvalue weighted by Gasteiger charge is 2.17. The second-order valence-electron chi connectivity index (χ2n) is 5.37. The Labute approximate surface area is 124 Å². The molecule has 1 N–H and O–H groups in total. The van der Waals surface area contributed by atoms with Crippen LogP contribution < -0.4 is 5.32 Å². The molecule has 1 atom stereocenters. The van der Waals surface area contributed by atoms with Crippen LogP contribution in [0.15, 0.2) is 36.8 Å². The van der Waals surface area contributed by atoms with Crippen molar-refractivity contribution in [3.63, 3.8) is 0 Å². The molecule has 5 nitrogen and oxygen atoms in total. The Hall–Kier alpha value is -2.14. The Morgan fingerprint density at radius 3 is 2.76 bits per heavy atom. The third-order valence-electron chi connectivity index (χ3n) is 3.76. The van der Waals surface area contributed by atoms with Gasteiger partial charge in [-0.05, 0) is 12.6 Å². The van der Waals surface area contributed by atoms with Crippen molar-refractivity contribution in [2.45, 2.75) is 19.4 Å². The van der Waals surface area contributed by atoms with E-state index in [1.807, 2.05) is 35.7 Å². The second kappa shape index (κ2) is 5.69. The van der Waals surface area contributed by atoms with Crippen LogP contribution in [-0.2, 0) is 20.5 Å². The third kappa shape index (κ3) is 2.69. The number of aromatic nitrogens is 4. The summed E-state index contributed by atoms with van der Waals surface area (Å²) in [5.74, 6) is 0. The molecule has 0 aliphatic rings. The second-order valence-corrected chi connectivity index (χ2v) is 5.37. The van der Waals surface area contributed by atoms with E-state index in [2.05, 4.69) is 46.7 Å². The topological polar surface area (TPSA) is 47.7 Å². The molecule has 2 aromatic heterocycles. The lowest BCUT2D eigenvalue weighted by molar-refractivity contribution is 0.530. The van der Waals surface area contributed by atoms with Crippen LogP contribution in [0.2, 0.25) is 0 Å². The Kier molecular flexibility index (Phi) is 3.75. The minimum atomic E-state index is 0.189. The molecule has 3 rings (SSSR count). The highest BCUT2D eigenvalue weighted by atomic mass is 15.3. The zero-order valence-corrected chi connectivity index (χ0v) is 12.7. The zero-order chi connectivity index (χ0) is 14.8. The SMILES string of the molecule is CCNC(Cc1nn(C)c2ccccc12)c1cn(C)cn1. The van der Waals surface area contributed by atoms with Crippen LogP contribution in [0.1, 0.15) is 24.4 Å². The van der Waals surface area contributed by atoms with Gasteiger partial charge in [0, 0.05) is 32.1 Å². The summed E-state index contributed by atoms with van der Waals surface area (Å²) in [7, 11) is 3.99. The number of nitrogens with one attached hydrogen (secondary N) is 1. The number of aryl methyl sites for hydroxylation is 2. The van der Waals surface area contributed by atoms with Gasteiger partial charge in [-0.25, -0.2) is 4.98 Å². The lowest BCUT2D eigenvalue weighted by atomic mass is 10.1. The Morgan fingerprint density at radius 2 is 2.05 bits per heavy atom. The van der Waals surface area contributed by atoms with Gasteiger partial charge in [-0.3, -0.25) is 4.68 Å². The summed E-state index contributed by atoms with van der Waals surface area (Å²) >= 11 is 0. The molecule has 0 fully saturated rings. The predicted octanol–water partition coefficient (Wildman–Crippen LogP) is 2.20. The van der Waals surface area contributed by atoms with Crippen molar-refractivity contribution in [3.05, 3.63) is 48.2 Å². The average molecular weight is 283 g/mol. The smallest absolute Gasteiger partial charge is 0.0947 e. The maximum absolute atomic E-state index is 4.69. The van der Waals surface area contributed by atoms with Crippen molar-refractivity contribution in [3.8, 4) is 0 Å². The molecule has 3 aromatic rings. The fourth-order valence-electron chi connectivity index (χ4n) is 2.77. The lowest BCUT2D eigenvalue weighted by Crippen LogP contribution is -2.23. The molecule has 2 heterocycles. The number of imidazole rings is 1. The molecule has 0 aliphatic carbocycles. The van der Waals surface area contributed by atoms with E-state index >= 15 is 0 Å². The van der Waals surface area contributed by atoms with Gasteiger partial charge in [0.25, 0.3) is 0 Å². The number of para-hydroxylation sites is 1. The number of rotatable bonds is 5. The molecule has 0 bridgehead atoms. The largest absolute Gasteiger partial charge is 0.340 e. The summed E-state index contributed by atoms with van der Waals surface area (Å²) in [6, 6.07) is 8.55. The standard InChI is InChI=1S/C16H21N5/c1-4-17-14(15-10-20(2)11-18-15)9-13-12-7-5-6-8-16(12)21(3)19-13/h5-8,10-11,14,17H,4,9H2,1-3H3. The van der Waals surface area contributed by atoms with Crippen molar-refractivity contribution in [1.82, 2.24) is 24.6 Å². The lowest BCUT2D eigenvalue weighted by Gasteiger charge is -2.14. The maximum atomic E-state index is 4.69. The van der Waals surface area contributed by atoms with E-state index in [4.69, 9.17) is 0 Å². The average Bonchev–Trinajstić information content (AvgIpc) is 3.04. The Balaban J connectivity index is 1.94. The van der Waals surface area contributed by atoms with E-state index in [9.17, 15) is 0 Å². The molecule has 0 aliphatic heterocycles. The molecule has 0 saturated carbocycles. The number of likely N-dealkylation sites (N-methyl/N-ethyl adjacent to an activating group) is 1. The summed E-state index contributed by atoms with van der Waals surface area (Å²) in [6.45, 7) is 3.03. The van der Waals surface area contributed by atoms with Crippen LogP contribution in [-0.4, -0.2) is 25.9 Å². The molecule has 0 saturated heterocycles. The van der Waals surface area contributed by atoms with Crippen molar-refractivity contribution in [1.29, 1.82) is 0 Å². The van der Waals surface area contributed by atoms with Crippen LogP contribution in [0.25, 0.3) is 10.9 Å². The fourth-order valence-corrected chi connectivity index (χ4v) is 2.77. The highest BCUT2D eigenvalue weighted by Crippen LogP contribution is 2.23. The Morgan fingerprint density at radius 1 is 1.24 bits per heavy atom. The van der Waals surface area contributed by atoms with Gasteiger partial charge in [0.1, 0.15) is 0 Å². The van der Waals surface area contributed by atoms with Crippen molar-refractivity contribution in [2.24, 2.45) is 14.1 Å². The monoisotopic (exact) mass is 283 g/mol. The quantitative estimate of drug-likeness (QED) is 0.781. The number of nitrogens with zero attached hydrogens (tertiary/aromatic N) is 4. The molecular weight excluding hydrogens is 262 g/mol. The van der Waals surface area contributed by atoms with Crippen molar-refractivity contribution in [2.75, 3.05) is 6.54 Å². The molecule has 110 valence electrons. The third-order valence-corrected chi connectivity index (χ3v) is 3.76. The number of benzene rings is 1. The maximum Gasteiger partial charge on any atom is 0.0947 e. The van der Waals surface area contributed by atoms with Gasteiger partial charge in [-0.15, -0.1) is 0 Å². The summed E-state index contributed by atoms with van der Waals surface area (Å²) < 4.78 is 3.93. The van der Waals surface area contributed by atoms with Crippen molar-refractivity contribution >= 4 is 10.9 Å². The Bertz CT molecular complexity index is 740. The molecule has 0 radical (unpaired) electrons. The number of hydrogen-bond donors (Lipinski definition) is 1. The summed E-state index contributed by atoms with van der Waals surface area (Å²) in [4.78, 5) is 4.48. The van der Waals surface area contributed by atoms with Gasteiger partial charge in [-0.1, -0.05) is 25.1 Å². The van der Waals surface area contributed by atoms with Crippen LogP contribution in [0.3, 0.4) is 0 Å². The number of fused-ring (bicyclic) bond motifs is 1. The molecule has 1 aromatic carbocycles. The predicted molar refractivity (Wildman–Crippen MR) is 84.0 cm³/mol. The van der Waals surface area contributed by atoms with E-state index in [1.54, 1.807) is 0 Å². The molecule has 0 spiro atoms. The minimum Gasteiger partial charge on any atom is -0.340 e. The van der Waals surface area contributed by atoms with Gasteiger partial charge in [0.05, 0.1) is 29.3 Å². The first-order valence-electron chi connectivity index (χ1n) is 7.31. The number of hydrogen-bond acceptors (Lipinski definition) is 3. The van der Waals surface area contributed by atoms with Crippen molar-refractivity contribution < 1.29 is 0 Å². The minimum absolute atomic E-state index is 0.189. The van der Waals surface area contributed by atoms with Gasteiger partial charge in [0.15, 0.2) is 0 Å². The molecular formula is C16H21N5. The van der Waals surface area contributed by atoms with E-state index < -0.39 is 0 Å². The van der Waals surface area contributed by atoms with Crippen LogP contribution in [0.5, 0.6) is 0 Å². The van der Waals surface area contributed by atoms with Crippen LogP contribution in [0.4, 0.5) is 0 Å². The molecule has 21 heavy (non-hydrogen) atoms. The first kappa shape index (κ1) is 13.8. The summed E-state index contributed by atoms with van der Waals surface area (Å²) in [5.41, 5.74) is 3.35. The normalized spacial score (nSPS) is 12.9. The first-order valence-corrected chi connectivity index (χ1v) is 7.31. The fraction of sp³-hybridized carbons (Fsp3) is 0.375.